The zero-order valence-electron chi connectivity index (χ0n) is 10.8. The highest BCUT2D eigenvalue weighted by molar-refractivity contribution is 7.89. The smallest absolute Gasteiger partial charge is 0.240 e. The van der Waals surface area contributed by atoms with Gasteiger partial charge in [-0.15, -0.1) is 0 Å². The van der Waals surface area contributed by atoms with E-state index in [2.05, 4.69) is 4.72 Å². The molecule has 1 unspecified atom stereocenters. The number of halogens is 2. The Morgan fingerprint density at radius 1 is 1.32 bits per heavy atom. The van der Waals surface area contributed by atoms with E-state index in [0.717, 1.165) is 0 Å². The van der Waals surface area contributed by atoms with Crippen molar-refractivity contribution in [1.82, 2.24) is 4.72 Å². The van der Waals surface area contributed by atoms with Gasteiger partial charge in [-0.3, -0.25) is 0 Å². The molecule has 0 aliphatic heterocycles. The summed E-state index contributed by atoms with van der Waals surface area (Å²) in [6.07, 6.45) is 0.540. The van der Waals surface area contributed by atoms with Crippen LogP contribution in [0.1, 0.15) is 18.9 Å². The van der Waals surface area contributed by atoms with Crippen molar-refractivity contribution in [3.05, 3.63) is 27.7 Å². The summed E-state index contributed by atoms with van der Waals surface area (Å²) in [6, 6.07) is 2.75. The SMILES string of the molecule is Cc1c(Cl)cc(S(=O)(=O)NCC(C)CCO)cc1Cl. The van der Waals surface area contributed by atoms with Crippen molar-refractivity contribution in [3.8, 4) is 0 Å². The molecule has 0 amide bonds. The molecule has 1 atom stereocenters. The first-order chi connectivity index (χ1) is 8.77. The van der Waals surface area contributed by atoms with Crippen molar-refractivity contribution in [3.63, 3.8) is 0 Å². The van der Waals surface area contributed by atoms with Gasteiger partial charge < -0.3 is 5.11 Å². The zero-order valence-corrected chi connectivity index (χ0v) is 13.1. The Morgan fingerprint density at radius 3 is 2.32 bits per heavy atom. The second kappa shape index (κ2) is 6.90. The summed E-state index contributed by atoms with van der Waals surface area (Å²) >= 11 is 11.9. The maximum Gasteiger partial charge on any atom is 0.240 e. The molecular formula is C12H17Cl2NO3S. The molecule has 2 N–H and O–H groups in total. The summed E-state index contributed by atoms with van der Waals surface area (Å²) in [5, 5.41) is 9.41. The number of nitrogens with one attached hydrogen (secondary N) is 1. The molecule has 0 spiro atoms. The van der Waals surface area contributed by atoms with Gasteiger partial charge in [0.25, 0.3) is 0 Å². The molecule has 0 bridgehead atoms. The van der Waals surface area contributed by atoms with Crippen LogP contribution in [0.25, 0.3) is 0 Å². The van der Waals surface area contributed by atoms with Crippen molar-refractivity contribution in [2.45, 2.75) is 25.2 Å². The van der Waals surface area contributed by atoms with Crippen molar-refractivity contribution in [2.75, 3.05) is 13.2 Å². The van der Waals surface area contributed by atoms with Gasteiger partial charge in [0, 0.05) is 23.2 Å². The lowest BCUT2D eigenvalue weighted by molar-refractivity contribution is 0.263. The molecule has 0 fully saturated rings. The predicted octanol–water partition coefficient (Wildman–Crippen LogP) is 2.60. The molecule has 0 saturated carbocycles. The van der Waals surface area contributed by atoms with Gasteiger partial charge in [0.2, 0.25) is 10.0 Å². The minimum atomic E-state index is -3.64. The maximum absolute atomic E-state index is 12.1. The molecule has 7 heteroatoms. The Balaban J connectivity index is 2.89. The average Bonchev–Trinajstić information content (AvgIpc) is 2.33. The summed E-state index contributed by atoms with van der Waals surface area (Å²) in [7, 11) is -3.64. The van der Waals surface area contributed by atoms with Crippen LogP contribution in [0, 0.1) is 12.8 Å². The lowest BCUT2D eigenvalue weighted by atomic mass is 10.1. The summed E-state index contributed by atoms with van der Waals surface area (Å²) in [5.74, 6) is 0.0520. The van der Waals surface area contributed by atoms with Gasteiger partial charge in [-0.1, -0.05) is 30.1 Å². The summed E-state index contributed by atoms with van der Waals surface area (Å²) in [6.45, 7) is 3.86. The van der Waals surface area contributed by atoms with Gasteiger partial charge in [0.15, 0.2) is 0 Å². The Hall–Kier alpha value is -0.330. The first-order valence-corrected chi connectivity index (χ1v) is 8.08. The lowest BCUT2D eigenvalue weighted by Gasteiger charge is -2.13. The second-order valence-corrected chi connectivity index (χ2v) is 7.06. The van der Waals surface area contributed by atoms with Crippen LogP contribution < -0.4 is 4.72 Å². The van der Waals surface area contributed by atoms with Crippen molar-refractivity contribution >= 4 is 33.2 Å². The van der Waals surface area contributed by atoms with Crippen molar-refractivity contribution in [2.24, 2.45) is 5.92 Å². The van der Waals surface area contributed by atoms with Crippen LogP contribution in [-0.2, 0) is 10.0 Å². The molecule has 1 rings (SSSR count). The molecule has 1 aromatic carbocycles. The number of sulfonamides is 1. The minimum absolute atomic E-state index is 0.0328. The number of hydrogen-bond donors (Lipinski definition) is 2. The molecule has 108 valence electrons. The Morgan fingerprint density at radius 2 is 1.84 bits per heavy atom. The van der Waals surface area contributed by atoms with E-state index >= 15 is 0 Å². The normalized spacial score (nSPS) is 13.5. The fourth-order valence-electron chi connectivity index (χ4n) is 1.43. The highest BCUT2D eigenvalue weighted by atomic mass is 35.5. The van der Waals surface area contributed by atoms with Gasteiger partial charge in [0.05, 0.1) is 4.90 Å². The minimum Gasteiger partial charge on any atom is -0.396 e. The first kappa shape index (κ1) is 16.7. The average molecular weight is 326 g/mol. The fourth-order valence-corrected chi connectivity index (χ4v) is 3.27. The van der Waals surface area contributed by atoms with E-state index in [1.54, 1.807) is 6.92 Å². The van der Waals surface area contributed by atoms with Crippen LogP contribution in [0.3, 0.4) is 0 Å². The molecule has 0 aliphatic carbocycles. The van der Waals surface area contributed by atoms with Crippen molar-refractivity contribution in [1.29, 1.82) is 0 Å². The second-order valence-electron chi connectivity index (χ2n) is 4.48. The van der Waals surface area contributed by atoms with E-state index in [4.69, 9.17) is 28.3 Å². The Kier molecular flexibility index (Phi) is 6.08. The van der Waals surface area contributed by atoms with Crippen LogP contribution in [0.2, 0.25) is 10.0 Å². The third-order valence-electron chi connectivity index (χ3n) is 2.81. The van der Waals surface area contributed by atoms with Crippen LogP contribution in [0.15, 0.2) is 17.0 Å². The largest absolute Gasteiger partial charge is 0.396 e. The van der Waals surface area contributed by atoms with E-state index in [-0.39, 0.29) is 24.0 Å². The molecule has 19 heavy (non-hydrogen) atoms. The van der Waals surface area contributed by atoms with Crippen molar-refractivity contribution < 1.29 is 13.5 Å². The summed E-state index contributed by atoms with van der Waals surface area (Å²) in [4.78, 5) is 0.0456. The number of hydrogen-bond acceptors (Lipinski definition) is 3. The third-order valence-corrected chi connectivity index (χ3v) is 5.00. The quantitative estimate of drug-likeness (QED) is 0.844. The van der Waals surface area contributed by atoms with Crippen LogP contribution in [0.4, 0.5) is 0 Å². The molecule has 4 nitrogen and oxygen atoms in total. The van der Waals surface area contributed by atoms with E-state index in [0.29, 0.717) is 22.0 Å². The lowest BCUT2D eigenvalue weighted by Crippen LogP contribution is -2.28. The summed E-state index contributed by atoms with van der Waals surface area (Å²) in [5.41, 5.74) is 0.649. The molecule has 0 aliphatic rings. The standard InChI is InChI=1S/C12H17Cl2NO3S/c1-8(3-4-16)7-15-19(17,18)10-5-11(13)9(2)12(14)6-10/h5-6,8,15-16H,3-4,7H2,1-2H3. The van der Waals surface area contributed by atoms with E-state index in [9.17, 15) is 8.42 Å². The molecule has 0 radical (unpaired) electrons. The molecule has 0 saturated heterocycles. The van der Waals surface area contributed by atoms with E-state index in [1.165, 1.54) is 12.1 Å². The molecule has 0 heterocycles. The van der Waals surface area contributed by atoms with Gasteiger partial charge in [-0.2, -0.15) is 0 Å². The number of aliphatic hydroxyl groups is 1. The number of rotatable bonds is 6. The van der Waals surface area contributed by atoms with E-state index in [1.807, 2.05) is 6.92 Å². The fraction of sp³-hybridized carbons (Fsp3) is 0.500. The first-order valence-electron chi connectivity index (χ1n) is 5.84. The highest BCUT2D eigenvalue weighted by Gasteiger charge is 2.17. The highest BCUT2D eigenvalue weighted by Crippen LogP contribution is 2.27. The zero-order chi connectivity index (χ0) is 14.6. The molecule has 1 aromatic rings. The molecular weight excluding hydrogens is 309 g/mol. The Labute approximate surface area is 123 Å². The molecule has 0 aromatic heterocycles. The monoisotopic (exact) mass is 325 g/mol. The third kappa shape index (κ3) is 4.61. The Bertz CT molecular complexity index is 523. The van der Waals surface area contributed by atoms with Gasteiger partial charge >= 0.3 is 0 Å². The van der Waals surface area contributed by atoms with Gasteiger partial charge in [-0.25, -0.2) is 13.1 Å². The van der Waals surface area contributed by atoms with Gasteiger partial charge in [0.1, 0.15) is 0 Å². The van der Waals surface area contributed by atoms with Crippen LogP contribution >= 0.6 is 23.2 Å². The number of benzene rings is 1. The van der Waals surface area contributed by atoms with E-state index < -0.39 is 10.0 Å². The predicted molar refractivity (Wildman–Crippen MR) is 77.3 cm³/mol. The number of aliphatic hydroxyl groups excluding tert-OH is 1. The maximum atomic E-state index is 12.1. The summed E-state index contributed by atoms with van der Waals surface area (Å²) < 4.78 is 26.6. The van der Waals surface area contributed by atoms with Crippen LogP contribution in [-0.4, -0.2) is 26.7 Å². The van der Waals surface area contributed by atoms with Gasteiger partial charge in [-0.05, 0) is 37.0 Å². The van der Waals surface area contributed by atoms with Crippen LogP contribution in [0.5, 0.6) is 0 Å². The topological polar surface area (TPSA) is 66.4 Å².